The number of aryl methyl sites for hydroxylation is 3. The molecule has 0 amide bonds. The van der Waals surface area contributed by atoms with Gasteiger partial charge in [0.05, 0.1) is 0 Å². The van der Waals surface area contributed by atoms with E-state index in [2.05, 4.69) is 29.4 Å². The summed E-state index contributed by atoms with van der Waals surface area (Å²) in [6, 6.07) is 10.3. The van der Waals surface area contributed by atoms with Crippen molar-refractivity contribution in [2.75, 3.05) is 11.9 Å². The minimum absolute atomic E-state index is 0.302. The average Bonchev–Trinajstić information content (AvgIpc) is 3.04. The van der Waals surface area contributed by atoms with Crippen LogP contribution in [-0.2, 0) is 27.1 Å². The summed E-state index contributed by atoms with van der Waals surface area (Å²) in [6.45, 7) is 3.57. The molecule has 0 atom stereocenters. The first kappa shape index (κ1) is 18.9. The van der Waals surface area contributed by atoms with E-state index in [1.807, 2.05) is 22.8 Å². The summed E-state index contributed by atoms with van der Waals surface area (Å²) in [5.41, 5.74) is 1.52. The maximum Gasteiger partial charge on any atom is 0.332 e. The van der Waals surface area contributed by atoms with Crippen LogP contribution >= 0.6 is 0 Å². The summed E-state index contributed by atoms with van der Waals surface area (Å²) in [5, 5.41) is 3.33. The third kappa shape index (κ3) is 3.82. The predicted octanol–water partition coefficient (Wildman–Crippen LogP) is 2.28. The highest BCUT2D eigenvalue weighted by Crippen LogP contribution is 2.17. The monoisotopic (exact) mass is 369 g/mol. The fourth-order valence-electron chi connectivity index (χ4n) is 3.26. The van der Waals surface area contributed by atoms with Crippen LogP contribution in [0.5, 0.6) is 0 Å². The van der Waals surface area contributed by atoms with Crippen LogP contribution in [0.2, 0.25) is 0 Å². The zero-order valence-electron chi connectivity index (χ0n) is 16.2. The van der Waals surface area contributed by atoms with Crippen LogP contribution in [0.15, 0.2) is 39.9 Å². The predicted molar refractivity (Wildman–Crippen MR) is 108 cm³/mol. The van der Waals surface area contributed by atoms with E-state index >= 15 is 0 Å². The lowest BCUT2D eigenvalue weighted by molar-refractivity contribution is 0.649. The first-order chi connectivity index (χ1) is 13.0. The molecule has 7 heteroatoms. The Balaban J connectivity index is 1.97. The number of fused-ring (bicyclic) bond motifs is 1. The molecule has 1 N–H and O–H groups in total. The number of rotatable bonds is 8. The normalized spacial score (nSPS) is 11.2. The Morgan fingerprint density at radius 2 is 1.78 bits per heavy atom. The number of imidazole rings is 1. The molecule has 0 saturated carbocycles. The number of nitrogens with one attached hydrogen (secondary N) is 1. The molecule has 0 saturated heterocycles. The van der Waals surface area contributed by atoms with Gasteiger partial charge >= 0.3 is 5.69 Å². The fraction of sp³-hybridized carbons (Fsp3) is 0.450. The molecule has 0 spiro atoms. The lowest BCUT2D eigenvalue weighted by Crippen LogP contribution is -2.37. The Morgan fingerprint density at radius 3 is 2.48 bits per heavy atom. The van der Waals surface area contributed by atoms with Gasteiger partial charge in [0.25, 0.3) is 5.56 Å². The summed E-state index contributed by atoms with van der Waals surface area (Å²) < 4.78 is 4.51. The molecule has 0 aliphatic carbocycles. The van der Waals surface area contributed by atoms with Crippen molar-refractivity contribution in [2.45, 2.75) is 39.2 Å². The van der Waals surface area contributed by atoms with Gasteiger partial charge in [-0.25, -0.2) is 4.79 Å². The molecule has 3 aromatic rings. The Labute approximate surface area is 158 Å². The lowest BCUT2D eigenvalue weighted by atomic mass is 10.1. The molecule has 2 heterocycles. The second-order valence-corrected chi connectivity index (χ2v) is 6.83. The summed E-state index contributed by atoms with van der Waals surface area (Å²) in [5.74, 6) is 0.657. The van der Waals surface area contributed by atoms with Crippen molar-refractivity contribution in [3.05, 3.63) is 56.7 Å². The van der Waals surface area contributed by atoms with Crippen molar-refractivity contribution in [1.29, 1.82) is 0 Å². The summed E-state index contributed by atoms with van der Waals surface area (Å²) in [7, 11) is 3.16. The van der Waals surface area contributed by atoms with E-state index in [0.717, 1.165) is 36.8 Å². The largest absolute Gasteiger partial charge is 0.356 e. The SMILES string of the molecule is CCCCNc1nc2c(c(=O)n(C)c(=O)n2C)n1CCCc1ccccc1. The van der Waals surface area contributed by atoms with Gasteiger partial charge in [0.2, 0.25) is 5.95 Å². The minimum atomic E-state index is -0.360. The van der Waals surface area contributed by atoms with Gasteiger partial charge in [0.15, 0.2) is 11.2 Å². The summed E-state index contributed by atoms with van der Waals surface area (Å²) in [6.07, 6.45) is 3.89. The van der Waals surface area contributed by atoms with Gasteiger partial charge in [0.1, 0.15) is 0 Å². The maximum absolute atomic E-state index is 12.8. The molecule has 27 heavy (non-hydrogen) atoms. The van der Waals surface area contributed by atoms with Gasteiger partial charge in [0, 0.05) is 27.2 Å². The molecule has 0 fully saturated rings. The van der Waals surface area contributed by atoms with Crippen LogP contribution < -0.4 is 16.6 Å². The van der Waals surface area contributed by atoms with Crippen molar-refractivity contribution >= 4 is 17.1 Å². The van der Waals surface area contributed by atoms with Crippen molar-refractivity contribution in [1.82, 2.24) is 18.7 Å². The van der Waals surface area contributed by atoms with E-state index < -0.39 is 0 Å². The van der Waals surface area contributed by atoms with Crippen molar-refractivity contribution in [3.63, 3.8) is 0 Å². The number of hydrogen-bond acceptors (Lipinski definition) is 4. The molecule has 0 aliphatic heterocycles. The number of anilines is 1. The van der Waals surface area contributed by atoms with Crippen molar-refractivity contribution in [2.24, 2.45) is 14.1 Å². The number of nitrogens with zero attached hydrogens (tertiary/aromatic N) is 4. The second-order valence-electron chi connectivity index (χ2n) is 6.83. The smallest absolute Gasteiger partial charge is 0.332 e. The number of aromatic nitrogens is 4. The molecule has 1 aromatic carbocycles. The van der Waals surface area contributed by atoms with Gasteiger partial charge in [-0.3, -0.25) is 13.9 Å². The van der Waals surface area contributed by atoms with Crippen molar-refractivity contribution in [3.8, 4) is 0 Å². The van der Waals surface area contributed by atoms with Gasteiger partial charge in [-0.1, -0.05) is 43.7 Å². The Bertz CT molecular complexity index is 1030. The van der Waals surface area contributed by atoms with Gasteiger partial charge in [-0.05, 0) is 24.8 Å². The third-order valence-electron chi connectivity index (χ3n) is 4.85. The maximum atomic E-state index is 12.8. The summed E-state index contributed by atoms with van der Waals surface area (Å²) >= 11 is 0. The van der Waals surface area contributed by atoms with Gasteiger partial charge in [-0.15, -0.1) is 0 Å². The van der Waals surface area contributed by atoms with Crippen LogP contribution in [0, 0.1) is 0 Å². The Morgan fingerprint density at radius 1 is 1.04 bits per heavy atom. The van der Waals surface area contributed by atoms with E-state index in [-0.39, 0.29) is 11.2 Å². The zero-order valence-corrected chi connectivity index (χ0v) is 16.2. The molecule has 7 nitrogen and oxygen atoms in total. The quantitative estimate of drug-likeness (QED) is 0.618. The zero-order chi connectivity index (χ0) is 19.4. The molecule has 144 valence electrons. The van der Waals surface area contributed by atoms with Crippen LogP contribution in [0.3, 0.4) is 0 Å². The van der Waals surface area contributed by atoms with Gasteiger partial charge < -0.3 is 9.88 Å². The highest BCUT2D eigenvalue weighted by atomic mass is 16.2. The standard InChI is InChI=1S/C20H27N5O2/c1-4-5-13-21-19-22-17-16(18(26)24(3)20(27)23(17)2)25(19)14-9-12-15-10-7-6-8-11-15/h6-8,10-11H,4-5,9,12-14H2,1-3H3,(H,21,22). The van der Waals surface area contributed by atoms with E-state index in [9.17, 15) is 9.59 Å². The molecule has 0 radical (unpaired) electrons. The molecular formula is C20H27N5O2. The first-order valence-corrected chi connectivity index (χ1v) is 9.48. The Kier molecular flexibility index (Phi) is 5.78. The average molecular weight is 369 g/mol. The minimum Gasteiger partial charge on any atom is -0.356 e. The number of hydrogen-bond donors (Lipinski definition) is 1. The molecule has 2 aromatic heterocycles. The Hall–Kier alpha value is -2.83. The highest BCUT2D eigenvalue weighted by molar-refractivity contribution is 5.74. The molecule has 0 unspecified atom stereocenters. The van der Waals surface area contributed by atoms with Crippen LogP contribution in [-0.4, -0.2) is 25.2 Å². The van der Waals surface area contributed by atoms with E-state index in [4.69, 9.17) is 0 Å². The fourth-order valence-corrected chi connectivity index (χ4v) is 3.26. The third-order valence-corrected chi connectivity index (χ3v) is 4.85. The van der Waals surface area contributed by atoms with Crippen LogP contribution in [0.1, 0.15) is 31.7 Å². The second kappa shape index (κ2) is 8.24. The number of unbranched alkanes of at least 4 members (excludes halogenated alkanes) is 1. The van der Waals surface area contributed by atoms with E-state index in [1.165, 1.54) is 17.2 Å². The van der Waals surface area contributed by atoms with Gasteiger partial charge in [-0.2, -0.15) is 4.98 Å². The van der Waals surface area contributed by atoms with E-state index in [0.29, 0.717) is 23.7 Å². The molecule has 3 rings (SSSR count). The van der Waals surface area contributed by atoms with Crippen LogP contribution in [0.25, 0.3) is 11.2 Å². The van der Waals surface area contributed by atoms with E-state index in [1.54, 1.807) is 7.05 Å². The van der Waals surface area contributed by atoms with Crippen LogP contribution in [0.4, 0.5) is 5.95 Å². The first-order valence-electron chi connectivity index (χ1n) is 9.48. The highest BCUT2D eigenvalue weighted by Gasteiger charge is 2.18. The topological polar surface area (TPSA) is 73.8 Å². The lowest BCUT2D eigenvalue weighted by Gasteiger charge is -2.11. The molecule has 0 aliphatic rings. The summed E-state index contributed by atoms with van der Waals surface area (Å²) in [4.78, 5) is 29.6. The molecule has 0 bridgehead atoms. The number of benzene rings is 1. The van der Waals surface area contributed by atoms with Crippen molar-refractivity contribution < 1.29 is 0 Å². The molecular weight excluding hydrogens is 342 g/mol.